The third-order valence-electron chi connectivity index (χ3n) is 3.56. The first-order valence-corrected chi connectivity index (χ1v) is 6.94. The molecule has 3 aromatic rings. The van der Waals surface area contributed by atoms with Gasteiger partial charge in [-0.1, -0.05) is 5.16 Å². The molecule has 0 saturated heterocycles. The first-order chi connectivity index (χ1) is 11.5. The van der Waals surface area contributed by atoms with Crippen LogP contribution in [-0.2, 0) is 6.61 Å². The van der Waals surface area contributed by atoms with E-state index in [1.165, 1.54) is 7.11 Å². The van der Waals surface area contributed by atoms with Crippen molar-refractivity contribution in [1.29, 1.82) is 0 Å². The molecule has 124 valence electrons. The van der Waals surface area contributed by atoms with Gasteiger partial charge in [0.2, 0.25) is 0 Å². The lowest BCUT2D eigenvalue weighted by molar-refractivity contribution is 0.281. The SMILES string of the molecule is COc1ccc(-c2noc(-c3cc(F)c(F)cc3F)c2CO)cc1. The van der Waals surface area contributed by atoms with Gasteiger partial charge in [-0.3, -0.25) is 0 Å². The highest BCUT2D eigenvalue weighted by Crippen LogP contribution is 2.34. The third kappa shape index (κ3) is 2.74. The number of hydrogen-bond acceptors (Lipinski definition) is 4. The second-order valence-electron chi connectivity index (χ2n) is 4.97. The summed E-state index contributed by atoms with van der Waals surface area (Å²) in [5.41, 5.74) is 0.729. The van der Waals surface area contributed by atoms with Crippen molar-refractivity contribution in [2.24, 2.45) is 0 Å². The smallest absolute Gasteiger partial charge is 0.176 e. The molecule has 3 rings (SSSR count). The Morgan fingerprint density at radius 2 is 1.71 bits per heavy atom. The molecule has 0 bridgehead atoms. The van der Waals surface area contributed by atoms with Gasteiger partial charge in [0, 0.05) is 11.6 Å². The van der Waals surface area contributed by atoms with Gasteiger partial charge >= 0.3 is 0 Å². The fraction of sp³-hybridized carbons (Fsp3) is 0.118. The minimum atomic E-state index is -1.31. The topological polar surface area (TPSA) is 55.5 Å². The van der Waals surface area contributed by atoms with E-state index in [9.17, 15) is 18.3 Å². The van der Waals surface area contributed by atoms with E-state index in [0.29, 0.717) is 23.4 Å². The summed E-state index contributed by atoms with van der Waals surface area (Å²) in [4.78, 5) is 0. The van der Waals surface area contributed by atoms with Gasteiger partial charge in [-0.25, -0.2) is 13.2 Å². The molecule has 7 heteroatoms. The number of benzene rings is 2. The number of nitrogens with zero attached hydrogens (tertiary/aromatic N) is 1. The molecule has 0 atom stereocenters. The molecule has 1 aromatic heterocycles. The molecule has 0 unspecified atom stereocenters. The van der Waals surface area contributed by atoms with Crippen molar-refractivity contribution in [3.8, 4) is 28.3 Å². The zero-order chi connectivity index (χ0) is 17.3. The molecule has 0 fully saturated rings. The van der Waals surface area contributed by atoms with Crippen molar-refractivity contribution in [1.82, 2.24) is 5.16 Å². The highest BCUT2D eigenvalue weighted by Gasteiger charge is 2.22. The van der Waals surface area contributed by atoms with Crippen LogP contribution in [0.1, 0.15) is 5.56 Å². The lowest BCUT2D eigenvalue weighted by Crippen LogP contribution is -1.94. The molecule has 24 heavy (non-hydrogen) atoms. The van der Waals surface area contributed by atoms with Gasteiger partial charge in [0.25, 0.3) is 0 Å². The Morgan fingerprint density at radius 1 is 1.04 bits per heavy atom. The zero-order valence-corrected chi connectivity index (χ0v) is 12.5. The Morgan fingerprint density at radius 3 is 2.33 bits per heavy atom. The van der Waals surface area contributed by atoms with Gasteiger partial charge in [0.1, 0.15) is 17.3 Å². The van der Waals surface area contributed by atoms with Crippen LogP contribution >= 0.6 is 0 Å². The summed E-state index contributed by atoms with van der Waals surface area (Å²) >= 11 is 0. The molecule has 0 saturated carbocycles. The highest BCUT2D eigenvalue weighted by atomic mass is 19.2. The standard InChI is InChI=1S/C17H12F3NO3/c1-23-10-4-2-9(3-5-10)16-12(8-22)17(24-21-16)11-6-14(19)15(20)7-13(11)18/h2-7,22H,8H2,1H3. The predicted molar refractivity (Wildman–Crippen MR) is 79.7 cm³/mol. The highest BCUT2D eigenvalue weighted by molar-refractivity contribution is 5.73. The lowest BCUT2D eigenvalue weighted by atomic mass is 10.0. The van der Waals surface area contributed by atoms with E-state index in [0.717, 1.165) is 0 Å². The van der Waals surface area contributed by atoms with Gasteiger partial charge in [0.05, 0.1) is 24.8 Å². The van der Waals surface area contributed by atoms with Crippen LogP contribution in [0.25, 0.3) is 22.6 Å². The van der Waals surface area contributed by atoms with Crippen molar-refractivity contribution in [3.63, 3.8) is 0 Å². The number of rotatable bonds is 4. The second-order valence-corrected chi connectivity index (χ2v) is 4.97. The predicted octanol–water partition coefficient (Wildman–Crippen LogP) is 3.93. The molecule has 0 aliphatic carbocycles. The molecule has 2 aromatic carbocycles. The Balaban J connectivity index is 2.11. The van der Waals surface area contributed by atoms with Crippen LogP contribution in [0, 0.1) is 17.5 Å². The maximum Gasteiger partial charge on any atom is 0.176 e. The summed E-state index contributed by atoms with van der Waals surface area (Å²) in [7, 11) is 1.52. The second kappa shape index (κ2) is 6.37. The molecule has 0 spiro atoms. The van der Waals surface area contributed by atoms with Crippen LogP contribution in [0.4, 0.5) is 13.2 Å². The van der Waals surface area contributed by atoms with E-state index in [1.807, 2.05) is 0 Å². The fourth-order valence-electron chi connectivity index (χ4n) is 2.34. The molecular weight excluding hydrogens is 323 g/mol. The summed E-state index contributed by atoms with van der Waals surface area (Å²) in [6, 6.07) is 7.82. The zero-order valence-electron chi connectivity index (χ0n) is 12.5. The van der Waals surface area contributed by atoms with Gasteiger partial charge in [-0.2, -0.15) is 0 Å². The maximum absolute atomic E-state index is 14.0. The van der Waals surface area contributed by atoms with Crippen molar-refractivity contribution in [2.45, 2.75) is 6.61 Å². The van der Waals surface area contributed by atoms with Gasteiger partial charge < -0.3 is 14.4 Å². The Labute approximate surface area is 135 Å². The minimum absolute atomic E-state index is 0.153. The number of aliphatic hydroxyl groups excluding tert-OH is 1. The van der Waals surface area contributed by atoms with E-state index in [4.69, 9.17) is 9.26 Å². The number of aromatic nitrogens is 1. The molecule has 0 aliphatic heterocycles. The van der Waals surface area contributed by atoms with Crippen LogP contribution in [-0.4, -0.2) is 17.4 Å². The average Bonchev–Trinajstić information content (AvgIpc) is 3.02. The number of hydrogen-bond donors (Lipinski definition) is 1. The first kappa shape index (κ1) is 16.1. The Kier molecular flexibility index (Phi) is 4.26. The number of halogens is 3. The van der Waals surface area contributed by atoms with E-state index >= 15 is 0 Å². The number of aliphatic hydroxyl groups is 1. The number of methoxy groups -OCH3 is 1. The van der Waals surface area contributed by atoms with Crippen molar-refractivity contribution in [2.75, 3.05) is 7.11 Å². The first-order valence-electron chi connectivity index (χ1n) is 6.94. The summed E-state index contributed by atoms with van der Waals surface area (Å²) in [6.45, 7) is -0.515. The summed E-state index contributed by atoms with van der Waals surface area (Å²) < 4.78 is 50.6. The summed E-state index contributed by atoms with van der Waals surface area (Å²) in [6.07, 6.45) is 0. The van der Waals surface area contributed by atoms with E-state index in [1.54, 1.807) is 24.3 Å². The van der Waals surface area contributed by atoms with Crippen molar-refractivity contribution in [3.05, 3.63) is 59.4 Å². The molecule has 1 N–H and O–H groups in total. The lowest BCUT2D eigenvalue weighted by Gasteiger charge is -2.04. The largest absolute Gasteiger partial charge is 0.497 e. The quantitative estimate of drug-likeness (QED) is 0.734. The average molecular weight is 335 g/mol. The minimum Gasteiger partial charge on any atom is -0.497 e. The molecule has 0 amide bonds. The maximum atomic E-state index is 14.0. The molecular formula is C17H12F3NO3. The monoisotopic (exact) mass is 335 g/mol. The molecule has 0 aliphatic rings. The van der Waals surface area contributed by atoms with Gasteiger partial charge in [-0.05, 0) is 30.3 Å². The van der Waals surface area contributed by atoms with Crippen LogP contribution in [0.15, 0.2) is 40.9 Å². The molecule has 4 nitrogen and oxygen atoms in total. The number of ether oxygens (including phenoxy) is 1. The summed E-state index contributed by atoms with van der Waals surface area (Å²) in [5.74, 6) is -3.07. The third-order valence-corrected chi connectivity index (χ3v) is 3.56. The van der Waals surface area contributed by atoms with Crippen LogP contribution < -0.4 is 4.74 Å². The van der Waals surface area contributed by atoms with Crippen LogP contribution in [0.3, 0.4) is 0 Å². The summed E-state index contributed by atoms with van der Waals surface area (Å²) in [5, 5.41) is 13.4. The van der Waals surface area contributed by atoms with Crippen LogP contribution in [0.2, 0.25) is 0 Å². The molecule has 1 heterocycles. The van der Waals surface area contributed by atoms with Crippen molar-refractivity contribution < 1.29 is 27.5 Å². The van der Waals surface area contributed by atoms with Gasteiger partial charge in [0.15, 0.2) is 17.4 Å². The van der Waals surface area contributed by atoms with E-state index < -0.39 is 24.1 Å². The van der Waals surface area contributed by atoms with E-state index in [2.05, 4.69) is 5.16 Å². The fourth-order valence-corrected chi connectivity index (χ4v) is 2.34. The normalized spacial score (nSPS) is 10.9. The Hall–Kier alpha value is -2.80. The van der Waals surface area contributed by atoms with E-state index in [-0.39, 0.29) is 22.6 Å². The Bertz CT molecular complexity index is 876. The van der Waals surface area contributed by atoms with Crippen molar-refractivity contribution >= 4 is 0 Å². The van der Waals surface area contributed by atoms with Gasteiger partial charge in [-0.15, -0.1) is 0 Å². The molecule has 0 radical (unpaired) electrons. The van der Waals surface area contributed by atoms with Crippen LogP contribution in [0.5, 0.6) is 5.75 Å².